The van der Waals surface area contributed by atoms with Gasteiger partial charge in [-0.3, -0.25) is 0 Å². The summed E-state index contributed by atoms with van der Waals surface area (Å²) in [5.41, 5.74) is 2.67. The molecule has 0 aliphatic heterocycles. The molecule has 0 fully saturated rings. The molecule has 0 saturated carbocycles. The summed E-state index contributed by atoms with van der Waals surface area (Å²) < 4.78 is 5.67. The molecule has 0 amide bonds. The number of nitrogens with zero attached hydrogens (tertiary/aromatic N) is 1. The average molecular weight is 340 g/mol. The number of carboxylic acids is 1. The molecule has 0 aliphatic rings. The topological polar surface area (TPSA) is 66.2 Å². The van der Waals surface area contributed by atoms with Crippen LogP contribution < -0.4 is 56.5 Å². The third-order valence-corrected chi connectivity index (χ3v) is 3.61. The second kappa shape index (κ2) is 7.25. The Bertz CT molecular complexity index is 814. The van der Waals surface area contributed by atoms with Crippen molar-refractivity contribution >= 4 is 28.7 Å². The van der Waals surface area contributed by atoms with Crippen LogP contribution in [0.2, 0.25) is 5.02 Å². The normalized spacial score (nSPS) is 11.9. The quantitative estimate of drug-likeness (QED) is 0.630. The van der Waals surface area contributed by atoms with Gasteiger partial charge in [-0.25, -0.2) is 4.98 Å². The smallest absolute Gasteiger partial charge is 0.550 e. The molecule has 2 aromatic carbocycles. The summed E-state index contributed by atoms with van der Waals surface area (Å²) in [4.78, 5) is 15.3. The van der Waals surface area contributed by atoms with Gasteiger partial charge in [-0.2, -0.15) is 0 Å². The maximum atomic E-state index is 10.9. The minimum Gasteiger partial charge on any atom is -0.550 e. The van der Waals surface area contributed by atoms with Crippen molar-refractivity contribution < 1.29 is 65.7 Å². The maximum absolute atomic E-state index is 10.9. The summed E-state index contributed by atoms with van der Waals surface area (Å²) >= 11 is 5.85. The molecular formula is C16H11ClKNO3. The van der Waals surface area contributed by atoms with Gasteiger partial charge in [0.25, 0.3) is 0 Å². The number of hydrogen-bond acceptors (Lipinski definition) is 4. The van der Waals surface area contributed by atoms with Crippen molar-refractivity contribution in [2.45, 2.75) is 12.8 Å². The van der Waals surface area contributed by atoms with Crippen LogP contribution in [0.15, 0.2) is 46.9 Å². The first-order chi connectivity index (χ1) is 10.0. The minimum atomic E-state index is -1.12. The van der Waals surface area contributed by atoms with E-state index in [1.54, 1.807) is 37.3 Å². The van der Waals surface area contributed by atoms with Gasteiger partial charge in [-0.1, -0.05) is 24.6 Å². The summed E-state index contributed by atoms with van der Waals surface area (Å²) in [6.07, 6.45) is 0. The Kier molecular flexibility index (Phi) is 5.82. The van der Waals surface area contributed by atoms with Crippen LogP contribution in [0.25, 0.3) is 22.6 Å². The first kappa shape index (κ1) is 17.7. The number of aromatic nitrogens is 1. The number of fused-ring (bicyclic) bond motifs is 1. The van der Waals surface area contributed by atoms with Gasteiger partial charge in [-0.15, -0.1) is 0 Å². The molecule has 22 heavy (non-hydrogen) atoms. The molecule has 0 bridgehead atoms. The monoisotopic (exact) mass is 339 g/mol. The van der Waals surface area contributed by atoms with Crippen LogP contribution in [0, 0.1) is 0 Å². The fourth-order valence-electron chi connectivity index (χ4n) is 2.07. The van der Waals surface area contributed by atoms with Crippen LogP contribution in [-0.2, 0) is 4.79 Å². The van der Waals surface area contributed by atoms with Gasteiger partial charge in [0.2, 0.25) is 5.89 Å². The van der Waals surface area contributed by atoms with Crippen LogP contribution in [0.5, 0.6) is 0 Å². The van der Waals surface area contributed by atoms with Crippen molar-refractivity contribution in [2.75, 3.05) is 0 Å². The zero-order valence-electron chi connectivity index (χ0n) is 12.2. The van der Waals surface area contributed by atoms with Gasteiger partial charge in [0.15, 0.2) is 5.58 Å². The van der Waals surface area contributed by atoms with Gasteiger partial charge in [0.05, 0.1) is 0 Å². The predicted molar refractivity (Wildman–Crippen MR) is 77.9 cm³/mol. The molecule has 1 aromatic heterocycles. The van der Waals surface area contributed by atoms with Gasteiger partial charge < -0.3 is 14.3 Å². The van der Waals surface area contributed by atoms with Crippen LogP contribution in [0.3, 0.4) is 0 Å². The van der Waals surface area contributed by atoms with E-state index in [9.17, 15) is 9.90 Å². The van der Waals surface area contributed by atoms with Gasteiger partial charge in [0, 0.05) is 22.5 Å². The second-order valence-electron chi connectivity index (χ2n) is 4.79. The first-order valence-electron chi connectivity index (χ1n) is 6.42. The average Bonchev–Trinajstić information content (AvgIpc) is 2.89. The summed E-state index contributed by atoms with van der Waals surface area (Å²) in [6, 6.07) is 12.3. The van der Waals surface area contributed by atoms with E-state index in [1.807, 2.05) is 12.1 Å². The molecule has 0 aliphatic carbocycles. The second-order valence-corrected chi connectivity index (χ2v) is 5.23. The van der Waals surface area contributed by atoms with Gasteiger partial charge >= 0.3 is 51.4 Å². The summed E-state index contributed by atoms with van der Waals surface area (Å²) in [7, 11) is 0. The number of carboxylic acid groups (broad SMARTS) is 1. The Balaban J connectivity index is 0.00000176. The third kappa shape index (κ3) is 3.61. The van der Waals surface area contributed by atoms with Crippen molar-refractivity contribution in [2.24, 2.45) is 0 Å². The molecule has 4 nitrogen and oxygen atoms in total. The van der Waals surface area contributed by atoms with E-state index in [1.165, 1.54) is 0 Å². The van der Waals surface area contributed by atoms with E-state index < -0.39 is 11.9 Å². The standard InChI is InChI=1S/C16H12ClNO3.K/c1-9(16(19)20)11-4-7-14-13(8-11)18-15(21-14)10-2-5-12(17)6-3-10;/h2-9H,1H3,(H,19,20);/q;+1/p-1/t9-;/m1./s1. The Morgan fingerprint density at radius 3 is 2.55 bits per heavy atom. The molecule has 0 saturated heterocycles. The Morgan fingerprint density at radius 1 is 1.23 bits per heavy atom. The number of carbonyl (C=O) groups excluding carboxylic acids is 1. The number of oxazole rings is 1. The number of hydrogen-bond donors (Lipinski definition) is 0. The number of rotatable bonds is 3. The molecule has 3 aromatic rings. The summed E-state index contributed by atoms with van der Waals surface area (Å²) in [6.45, 7) is 1.58. The number of carbonyl (C=O) groups is 1. The number of aliphatic carboxylic acids is 1. The molecule has 6 heteroatoms. The molecule has 1 heterocycles. The zero-order valence-corrected chi connectivity index (χ0v) is 16.0. The molecule has 0 unspecified atom stereocenters. The van der Waals surface area contributed by atoms with Crippen LogP contribution in [0.4, 0.5) is 0 Å². The number of benzene rings is 2. The Labute approximate surface area is 174 Å². The third-order valence-electron chi connectivity index (χ3n) is 3.36. The molecular weight excluding hydrogens is 329 g/mol. The van der Waals surface area contributed by atoms with E-state index in [0.717, 1.165) is 5.56 Å². The molecule has 1 atom stereocenters. The van der Waals surface area contributed by atoms with E-state index in [-0.39, 0.29) is 51.4 Å². The molecule has 106 valence electrons. The van der Waals surface area contributed by atoms with Crippen molar-refractivity contribution in [1.82, 2.24) is 4.98 Å². The van der Waals surface area contributed by atoms with Crippen LogP contribution in [0.1, 0.15) is 18.4 Å². The fraction of sp³-hybridized carbons (Fsp3) is 0.125. The van der Waals surface area contributed by atoms with Crippen molar-refractivity contribution in [3.63, 3.8) is 0 Å². The predicted octanol–water partition coefficient (Wildman–Crippen LogP) is 0.00560. The largest absolute Gasteiger partial charge is 1.00 e. The van der Waals surface area contributed by atoms with E-state index in [4.69, 9.17) is 16.0 Å². The van der Waals surface area contributed by atoms with E-state index in [0.29, 0.717) is 27.6 Å². The summed E-state index contributed by atoms with van der Waals surface area (Å²) in [5.74, 6) is -1.33. The van der Waals surface area contributed by atoms with Gasteiger partial charge in [0.1, 0.15) is 5.52 Å². The maximum Gasteiger partial charge on any atom is 1.00 e. The minimum absolute atomic E-state index is 0. The van der Waals surface area contributed by atoms with Crippen molar-refractivity contribution in [3.8, 4) is 11.5 Å². The molecule has 0 N–H and O–H groups in total. The van der Waals surface area contributed by atoms with Gasteiger partial charge in [-0.05, 0) is 42.0 Å². The molecule has 0 spiro atoms. The Hall–Kier alpha value is -0.694. The first-order valence-corrected chi connectivity index (χ1v) is 6.79. The molecule has 3 rings (SSSR count). The summed E-state index contributed by atoms with van der Waals surface area (Å²) in [5, 5.41) is 11.6. The van der Waals surface area contributed by atoms with Crippen LogP contribution >= 0.6 is 11.6 Å². The van der Waals surface area contributed by atoms with E-state index in [2.05, 4.69) is 4.98 Å². The van der Waals surface area contributed by atoms with E-state index >= 15 is 0 Å². The van der Waals surface area contributed by atoms with Crippen molar-refractivity contribution in [1.29, 1.82) is 0 Å². The van der Waals surface area contributed by atoms with Crippen molar-refractivity contribution in [3.05, 3.63) is 53.1 Å². The van der Waals surface area contributed by atoms with Crippen LogP contribution in [-0.4, -0.2) is 11.0 Å². The number of halogens is 1. The molecule has 0 radical (unpaired) electrons. The Morgan fingerprint density at radius 2 is 1.91 bits per heavy atom. The SMILES string of the molecule is C[C@@H](C(=O)[O-])c1ccc2oc(-c3ccc(Cl)cc3)nc2c1.[K+]. The zero-order chi connectivity index (χ0) is 15.0. The fourth-order valence-corrected chi connectivity index (χ4v) is 2.19.